The third-order valence-corrected chi connectivity index (χ3v) is 18.5. The van der Waals surface area contributed by atoms with Gasteiger partial charge in [0.25, 0.3) is 0 Å². The molecule has 78 heavy (non-hydrogen) atoms. The van der Waals surface area contributed by atoms with E-state index in [2.05, 4.69) is 162 Å². The molecule has 0 saturated heterocycles. The Kier molecular flexibility index (Phi) is 15.1. The van der Waals surface area contributed by atoms with Crippen LogP contribution in [0.25, 0.3) is 94.6 Å². The first-order chi connectivity index (χ1) is 37.9. The average molecular weight is 1270 g/mol. The Morgan fingerprint density at radius 3 is 2.01 bits per heavy atom. The summed E-state index contributed by atoms with van der Waals surface area (Å²) in [6, 6.07) is 52.3. The molecule has 1 radical (unpaired) electrons. The van der Waals surface area contributed by atoms with Gasteiger partial charge in [0.15, 0.2) is 0 Å². The zero-order chi connectivity index (χ0) is 57.0. The molecule has 0 aliphatic rings. The topological polar surface area (TPSA) is 69.6 Å². The molecule has 0 aliphatic carbocycles. The van der Waals surface area contributed by atoms with Crippen LogP contribution in [0.2, 0.25) is 17.3 Å². The van der Waals surface area contributed by atoms with Crippen molar-refractivity contribution in [3.05, 3.63) is 192 Å². The van der Waals surface area contributed by atoms with Gasteiger partial charge in [-0.25, -0.2) is 4.98 Å². The van der Waals surface area contributed by atoms with Crippen LogP contribution in [0.5, 0.6) is 0 Å². The zero-order valence-electron chi connectivity index (χ0n) is 49.9. The molecule has 5 aromatic heterocycles. The summed E-state index contributed by atoms with van der Waals surface area (Å²) in [5, 5.41) is 2.71. The van der Waals surface area contributed by atoms with Crippen molar-refractivity contribution >= 4 is 61.7 Å². The number of aromatic nitrogens is 5. The smallest absolute Gasteiger partial charge is 0.216 e. The van der Waals surface area contributed by atoms with Gasteiger partial charge < -0.3 is 8.98 Å². The molecule has 11 rings (SSSR count). The molecule has 5 heterocycles. The molecular formula is C69H70FGeIrN5O-2. The maximum Gasteiger partial charge on any atom is 0.216 e. The van der Waals surface area contributed by atoms with Crippen LogP contribution >= 0.6 is 0 Å². The van der Waals surface area contributed by atoms with Crippen molar-refractivity contribution in [2.24, 2.45) is 11.3 Å². The number of halogens is 1. The molecule has 0 saturated carbocycles. The van der Waals surface area contributed by atoms with E-state index in [9.17, 15) is 4.39 Å². The predicted molar refractivity (Wildman–Crippen MR) is 323 cm³/mol. The van der Waals surface area contributed by atoms with Crippen molar-refractivity contribution in [3.8, 4) is 50.6 Å². The molecule has 6 nitrogen and oxygen atoms in total. The molecule has 0 aliphatic heterocycles. The molecule has 0 amide bonds. The van der Waals surface area contributed by atoms with Gasteiger partial charge in [-0.1, -0.05) is 89.7 Å². The molecule has 399 valence electrons. The number of imidazole rings is 1. The minimum Gasteiger partial charge on any atom is -0.486 e. The van der Waals surface area contributed by atoms with Crippen molar-refractivity contribution in [1.29, 1.82) is 0 Å². The van der Waals surface area contributed by atoms with Gasteiger partial charge in [-0.3, -0.25) is 9.97 Å². The van der Waals surface area contributed by atoms with Crippen LogP contribution in [-0.4, -0.2) is 37.8 Å². The first-order valence-corrected chi connectivity index (χ1v) is 34.3. The minimum absolute atomic E-state index is 0. The maximum atomic E-state index is 14.4. The number of fused-ring (bicyclic) bond motifs is 6. The number of furan rings is 1. The number of nitrogens with zero attached hydrogens (tertiary/aromatic N) is 5. The normalized spacial score (nSPS) is 12.8. The minimum atomic E-state index is -2.33. The van der Waals surface area contributed by atoms with E-state index in [0.29, 0.717) is 34.1 Å². The molecule has 0 fully saturated rings. The third-order valence-electron chi connectivity index (χ3n) is 14.2. The summed E-state index contributed by atoms with van der Waals surface area (Å²) in [5.41, 5.74) is 15.6. The van der Waals surface area contributed by atoms with Gasteiger partial charge in [0.2, 0.25) is 5.71 Å². The Bertz CT molecular complexity index is 4050. The fourth-order valence-corrected chi connectivity index (χ4v) is 14.0. The van der Waals surface area contributed by atoms with Gasteiger partial charge in [-0.15, -0.1) is 18.2 Å². The van der Waals surface area contributed by atoms with Gasteiger partial charge in [-0.05, 0) is 101 Å². The Hall–Kier alpha value is -6.58. The number of hydrogen-bond donors (Lipinski definition) is 0. The molecule has 9 heteroatoms. The summed E-state index contributed by atoms with van der Waals surface area (Å²) in [7, 11) is 0. The van der Waals surface area contributed by atoms with Crippen LogP contribution in [0, 0.1) is 36.1 Å². The summed E-state index contributed by atoms with van der Waals surface area (Å²) in [6.07, 6.45) is 3.93. The second kappa shape index (κ2) is 22.6. The summed E-state index contributed by atoms with van der Waals surface area (Å²) < 4.78 is 49.0. The first-order valence-electron chi connectivity index (χ1n) is 28.5. The Morgan fingerprint density at radius 2 is 1.37 bits per heavy atom. The molecule has 0 bridgehead atoms. The van der Waals surface area contributed by atoms with E-state index in [1.54, 1.807) is 6.07 Å². The Morgan fingerprint density at radius 1 is 0.705 bits per heavy atom. The molecule has 11 aromatic rings. The fourth-order valence-electron chi connectivity index (χ4n) is 10.6. The van der Waals surface area contributed by atoms with Crippen LogP contribution in [0.15, 0.2) is 150 Å². The van der Waals surface area contributed by atoms with Gasteiger partial charge in [0, 0.05) is 52.1 Å². The zero-order valence-corrected chi connectivity index (χ0v) is 51.4. The second-order valence-electron chi connectivity index (χ2n) is 23.8. The quantitative estimate of drug-likeness (QED) is 0.0953. The van der Waals surface area contributed by atoms with Gasteiger partial charge in [0.05, 0.1) is 28.0 Å². The van der Waals surface area contributed by atoms with E-state index in [0.717, 1.165) is 84.9 Å². The number of hydrogen-bond acceptors (Lipinski definition) is 5. The van der Waals surface area contributed by atoms with Crippen molar-refractivity contribution in [3.63, 3.8) is 0 Å². The average Bonchev–Trinajstić information content (AvgIpc) is 3.99. The number of aryl methyl sites for hydroxylation is 1. The van der Waals surface area contributed by atoms with Crippen molar-refractivity contribution in [2.45, 2.75) is 111 Å². The van der Waals surface area contributed by atoms with E-state index in [1.165, 1.54) is 27.2 Å². The van der Waals surface area contributed by atoms with Crippen LogP contribution < -0.4 is 4.40 Å². The maximum absolute atomic E-state index is 14.4. The molecule has 0 spiro atoms. The van der Waals surface area contributed by atoms with E-state index in [1.807, 2.05) is 72.8 Å². The van der Waals surface area contributed by atoms with E-state index < -0.39 is 20.1 Å². The Labute approximate surface area is 480 Å². The van der Waals surface area contributed by atoms with Crippen LogP contribution in [-0.2, 0) is 32.9 Å². The number of benzene rings is 6. The van der Waals surface area contributed by atoms with E-state index >= 15 is 0 Å². The number of pyridine rings is 3. The van der Waals surface area contributed by atoms with Crippen molar-refractivity contribution in [1.82, 2.24) is 24.5 Å². The van der Waals surface area contributed by atoms with Crippen molar-refractivity contribution in [2.75, 3.05) is 0 Å². The van der Waals surface area contributed by atoms with Crippen LogP contribution in [0.1, 0.15) is 106 Å². The van der Waals surface area contributed by atoms with Crippen molar-refractivity contribution < 1.29 is 33.0 Å². The monoisotopic (exact) mass is 1270 g/mol. The fraction of sp³-hybridized carbons (Fsp3) is 0.275. The third kappa shape index (κ3) is 11.6. The number of rotatable bonds is 11. The predicted octanol–water partition coefficient (Wildman–Crippen LogP) is 18.2. The Balaban J connectivity index is 0.000000239. The van der Waals surface area contributed by atoms with Crippen LogP contribution in [0.4, 0.5) is 4.39 Å². The molecule has 0 atom stereocenters. The van der Waals surface area contributed by atoms with E-state index in [-0.39, 0.29) is 48.9 Å². The van der Waals surface area contributed by atoms with Gasteiger partial charge >= 0.3 is 165 Å². The molecule has 0 N–H and O–H groups in total. The molecular weight excluding hydrogens is 1200 g/mol. The van der Waals surface area contributed by atoms with Gasteiger partial charge in [0.1, 0.15) is 0 Å². The largest absolute Gasteiger partial charge is 0.486 e. The second-order valence-corrected chi connectivity index (χ2v) is 34.4. The van der Waals surface area contributed by atoms with Crippen LogP contribution in [0.3, 0.4) is 0 Å². The molecule has 0 unspecified atom stereocenters. The summed E-state index contributed by atoms with van der Waals surface area (Å²) >= 11 is -2.00. The van der Waals surface area contributed by atoms with E-state index in [4.69, 9.17) is 23.5 Å². The summed E-state index contributed by atoms with van der Waals surface area (Å²) in [5.74, 6) is 8.53. The first kappa shape index (κ1) is 52.1. The summed E-state index contributed by atoms with van der Waals surface area (Å²) in [4.78, 5) is 19.7. The summed E-state index contributed by atoms with van der Waals surface area (Å²) in [6.45, 7) is 17.7. The SMILES string of the molecule is CC(C)Cc1cc(-c2[c-]cc(F)c(-c3ccccc3)c2)nc[c]1[Ge]([CH3])([CH3])[CH3].[2H]C([2H])([2H])c1ccc2c(ccc3nc(-c4[c-]ccc5c4oc4nc(CC(C)(C)C)ccc45)n(-c4c(C(C)C)cc(-c5ccccc5)cc4C(C)C)c32)n1.[Ir]. The van der Waals surface area contributed by atoms with Gasteiger partial charge in [-0.2, -0.15) is 0 Å². The standard InChI is InChI=1S/C45H43N4O.C24H27FGeN.Ir/c1-26(2)36-23-30(29-13-10-9-11-14-29)24-37(27(3)4)40(36)49-41-34-19-17-28(5)46-38(34)21-22-39(41)48-43(49)35-16-12-15-32-33-20-18-31(25-45(6,7)8)47-44(33)50-42(32)35;1-17(2)13-20-15-24(27-16-23(20)26(3,4)5)19-11-12-22(25)21(14-19)18-9-7-6-8-10-18;/h9-15,17-24,26-27H,25H2,1-8H3;6-10,12,14-17H,13H2,1-5H3;/q2*-1;/i5D3;;. The molecule has 6 aromatic carbocycles.